The fourth-order valence-electron chi connectivity index (χ4n) is 2.21. The number of benzene rings is 2. The first-order valence-electron chi connectivity index (χ1n) is 7.61. The molecule has 0 N–H and O–H groups in total. The van der Waals surface area contributed by atoms with Gasteiger partial charge >= 0.3 is 0 Å². The van der Waals surface area contributed by atoms with Crippen molar-refractivity contribution in [3.05, 3.63) is 66.2 Å². The third kappa shape index (κ3) is 4.17. The van der Waals surface area contributed by atoms with Crippen molar-refractivity contribution in [3.8, 4) is 11.4 Å². The summed E-state index contributed by atoms with van der Waals surface area (Å²) in [5.41, 5.74) is 1.23. The zero-order chi connectivity index (χ0) is 17.6. The van der Waals surface area contributed by atoms with Crippen LogP contribution in [0.1, 0.15) is 10.4 Å². The fraction of sp³-hybridized carbons (Fsp3) is 0.176. The summed E-state index contributed by atoms with van der Waals surface area (Å²) >= 11 is 0. The molecule has 128 valence electrons. The molecule has 0 saturated heterocycles. The van der Waals surface area contributed by atoms with Gasteiger partial charge in [0, 0.05) is 12.6 Å². The van der Waals surface area contributed by atoms with E-state index in [9.17, 15) is 9.18 Å². The van der Waals surface area contributed by atoms with Gasteiger partial charge in [-0.05, 0) is 52.9 Å². The number of hydrogen-bond acceptors (Lipinski definition) is 5. The minimum Gasteiger partial charge on any atom is -0.492 e. The molecule has 0 saturated carbocycles. The van der Waals surface area contributed by atoms with E-state index in [1.165, 1.54) is 23.1 Å². The Morgan fingerprint density at radius 1 is 1.24 bits per heavy atom. The Morgan fingerprint density at radius 2 is 2.04 bits per heavy atom. The van der Waals surface area contributed by atoms with Gasteiger partial charge in [-0.1, -0.05) is 6.07 Å². The second-order valence-electron chi connectivity index (χ2n) is 5.33. The lowest BCUT2D eigenvalue weighted by molar-refractivity contribution is 0.0773. The van der Waals surface area contributed by atoms with E-state index in [2.05, 4.69) is 15.5 Å². The van der Waals surface area contributed by atoms with Crippen molar-refractivity contribution in [2.75, 3.05) is 20.2 Å². The average molecular weight is 341 g/mol. The van der Waals surface area contributed by atoms with E-state index >= 15 is 0 Å². The summed E-state index contributed by atoms with van der Waals surface area (Å²) in [6.45, 7) is 0.700. The van der Waals surface area contributed by atoms with Crippen molar-refractivity contribution in [1.82, 2.24) is 25.1 Å². The first-order chi connectivity index (χ1) is 12.1. The van der Waals surface area contributed by atoms with E-state index in [1.54, 1.807) is 42.3 Å². The quantitative estimate of drug-likeness (QED) is 0.685. The van der Waals surface area contributed by atoms with Crippen LogP contribution >= 0.6 is 0 Å². The van der Waals surface area contributed by atoms with Crippen LogP contribution in [0.2, 0.25) is 0 Å². The number of aromatic nitrogens is 4. The van der Waals surface area contributed by atoms with Crippen molar-refractivity contribution < 1.29 is 13.9 Å². The van der Waals surface area contributed by atoms with E-state index in [1.807, 2.05) is 6.07 Å². The number of likely N-dealkylation sites (N-methyl/N-ethyl adjacent to an activating group) is 1. The molecule has 0 radical (unpaired) electrons. The van der Waals surface area contributed by atoms with Crippen molar-refractivity contribution in [3.63, 3.8) is 0 Å². The van der Waals surface area contributed by atoms with Crippen LogP contribution in [0.15, 0.2) is 54.9 Å². The Bertz CT molecular complexity index is 837. The molecule has 3 aromatic rings. The molecule has 3 rings (SSSR count). The lowest BCUT2D eigenvalue weighted by atomic mass is 10.2. The highest BCUT2D eigenvalue weighted by Gasteiger charge is 2.13. The Hall–Kier alpha value is -3.29. The van der Waals surface area contributed by atoms with Gasteiger partial charge in [0.15, 0.2) is 0 Å². The number of carbonyl (C=O) groups is 1. The number of rotatable bonds is 6. The topological polar surface area (TPSA) is 73.1 Å². The van der Waals surface area contributed by atoms with Gasteiger partial charge in [-0.25, -0.2) is 9.07 Å². The Kier molecular flexibility index (Phi) is 4.98. The van der Waals surface area contributed by atoms with Crippen LogP contribution in [0.3, 0.4) is 0 Å². The molecule has 1 amide bonds. The predicted molar refractivity (Wildman–Crippen MR) is 88.0 cm³/mol. The first kappa shape index (κ1) is 16.6. The normalized spacial score (nSPS) is 10.5. The molecule has 0 aliphatic carbocycles. The maximum absolute atomic E-state index is 12.8. The minimum atomic E-state index is -0.317. The van der Waals surface area contributed by atoms with Crippen LogP contribution in [0.5, 0.6) is 5.75 Å². The van der Waals surface area contributed by atoms with Gasteiger partial charge in [0.1, 0.15) is 24.5 Å². The van der Waals surface area contributed by atoms with Crippen LogP contribution < -0.4 is 4.74 Å². The predicted octanol–water partition coefficient (Wildman–Crippen LogP) is 1.95. The van der Waals surface area contributed by atoms with E-state index in [-0.39, 0.29) is 11.7 Å². The third-order valence-corrected chi connectivity index (χ3v) is 3.56. The Labute approximate surface area is 143 Å². The monoisotopic (exact) mass is 341 g/mol. The van der Waals surface area contributed by atoms with Crippen LogP contribution in [0.25, 0.3) is 5.69 Å². The molecule has 0 unspecified atom stereocenters. The summed E-state index contributed by atoms with van der Waals surface area (Å²) in [4.78, 5) is 14.1. The molecule has 0 atom stereocenters. The van der Waals surface area contributed by atoms with Crippen molar-refractivity contribution in [1.29, 1.82) is 0 Å². The Balaban J connectivity index is 1.58. The van der Waals surface area contributed by atoms with Gasteiger partial charge in [0.05, 0.1) is 12.2 Å². The van der Waals surface area contributed by atoms with Gasteiger partial charge in [0.2, 0.25) is 0 Å². The van der Waals surface area contributed by atoms with Crippen LogP contribution in [-0.4, -0.2) is 51.2 Å². The first-order valence-corrected chi connectivity index (χ1v) is 7.61. The fourth-order valence-corrected chi connectivity index (χ4v) is 2.21. The summed E-state index contributed by atoms with van der Waals surface area (Å²) in [6, 6.07) is 12.8. The SMILES string of the molecule is CN(CCOc1ccc(F)cc1)C(=O)c1cccc(-n2cnnn2)c1. The Morgan fingerprint density at radius 3 is 2.76 bits per heavy atom. The number of nitrogens with zero attached hydrogens (tertiary/aromatic N) is 5. The zero-order valence-corrected chi connectivity index (χ0v) is 13.5. The highest BCUT2D eigenvalue weighted by Crippen LogP contribution is 2.12. The summed E-state index contributed by atoms with van der Waals surface area (Å²) in [5.74, 6) is 0.0997. The second-order valence-corrected chi connectivity index (χ2v) is 5.33. The molecule has 2 aromatic carbocycles. The summed E-state index contributed by atoms with van der Waals surface area (Å²) < 4.78 is 19.8. The van der Waals surface area contributed by atoms with E-state index in [0.29, 0.717) is 30.2 Å². The number of halogens is 1. The molecule has 0 aliphatic heterocycles. The van der Waals surface area contributed by atoms with Gasteiger partial charge in [-0.15, -0.1) is 5.10 Å². The second kappa shape index (κ2) is 7.52. The summed E-state index contributed by atoms with van der Waals surface area (Å²) in [5, 5.41) is 11.0. The highest BCUT2D eigenvalue weighted by molar-refractivity contribution is 5.94. The molecule has 25 heavy (non-hydrogen) atoms. The molecule has 8 heteroatoms. The molecule has 0 bridgehead atoms. The lowest BCUT2D eigenvalue weighted by Crippen LogP contribution is -2.30. The largest absolute Gasteiger partial charge is 0.492 e. The van der Waals surface area contributed by atoms with Crippen molar-refractivity contribution in [2.45, 2.75) is 0 Å². The number of hydrogen-bond donors (Lipinski definition) is 0. The molecular formula is C17H16FN5O2. The molecule has 1 heterocycles. The van der Waals surface area contributed by atoms with Crippen LogP contribution in [0.4, 0.5) is 4.39 Å². The molecular weight excluding hydrogens is 325 g/mol. The van der Waals surface area contributed by atoms with E-state index < -0.39 is 0 Å². The van der Waals surface area contributed by atoms with Crippen molar-refractivity contribution in [2.24, 2.45) is 0 Å². The number of ether oxygens (including phenoxy) is 1. The molecule has 1 aromatic heterocycles. The van der Waals surface area contributed by atoms with Gasteiger partial charge in [0.25, 0.3) is 5.91 Å². The molecule has 0 spiro atoms. The molecule has 0 aliphatic rings. The summed E-state index contributed by atoms with van der Waals surface area (Å²) in [7, 11) is 1.69. The van der Waals surface area contributed by atoms with Crippen LogP contribution in [-0.2, 0) is 0 Å². The van der Waals surface area contributed by atoms with Gasteiger partial charge in [-0.3, -0.25) is 4.79 Å². The average Bonchev–Trinajstić information content (AvgIpc) is 3.17. The maximum Gasteiger partial charge on any atom is 0.253 e. The zero-order valence-electron chi connectivity index (χ0n) is 13.5. The number of tetrazole rings is 1. The van der Waals surface area contributed by atoms with E-state index in [0.717, 1.165) is 0 Å². The van der Waals surface area contributed by atoms with E-state index in [4.69, 9.17) is 4.74 Å². The lowest BCUT2D eigenvalue weighted by Gasteiger charge is -2.18. The number of carbonyl (C=O) groups excluding carboxylic acids is 1. The van der Waals surface area contributed by atoms with Crippen molar-refractivity contribution >= 4 is 5.91 Å². The standard InChI is InChI=1S/C17H16FN5O2/c1-22(9-10-25-16-7-5-14(18)6-8-16)17(24)13-3-2-4-15(11-13)23-12-19-20-21-23/h2-8,11-12H,9-10H2,1H3. The molecule has 0 fully saturated rings. The van der Waals surface area contributed by atoms with Gasteiger partial charge in [-0.2, -0.15) is 0 Å². The highest BCUT2D eigenvalue weighted by atomic mass is 19.1. The van der Waals surface area contributed by atoms with Crippen LogP contribution in [0, 0.1) is 5.82 Å². The van der Waals surface area contributed by atoms with Gasteiger partial charge < -0.3 is 9.64 Å². The smallest absolute Gasteiger partial charge is 0.253 e. The third-order valence-electron chi connectivity index (χ3n) is 3.56. The minimum absolute atomic E-state index is 0.141. The molecule has 7 nitrogen and oxygen atoms in total. The maximum atomic E-state index is 12.8. The number of amides is 1. The summed E-state index contributed by atoms with van der Waals surface area (Å²) in [6.07, 6.45) is 1.46.